The van der Waals surface area contributed by atoms with Crippen molar-refractivity contribution in [2.75, 3.05) is 11.1 Å². The number of thiazole rings is 1. The van der Waals surface area contributed by atoms with Gasteiger partial charge in [-0.1, -0.05) is 11.3 Å². The first-order chi connectivity index (χ1) is 8.72. The third-order valence-electron chi connectivity index (χ3n) is 3.73. The molecule has 0 aliphatic heterocycles. The summed E-state index contributed by atoms with van der Waals surface area (Å²) in [5.74, 6) is 0.273. The Balaban J connectivity index is 1.64. The summed E-state index contributed by atoms with van der Waals surface area (Å²) in [7, 11) is 0. The highest BCUT2D eigenvalue weighted by Crippen LogP contribution is 2.30. The molecule has 1 aromatic rings. The normalized spacial score (nSPS) is 20.0. The number of rotatable bonds is 4. The molecule has 0 aromatic carbocycles. The number of nitrogens with two attached hydrogens (primary N) is 1. The summed E-state index contributed by atoms with van der Waals surface area (Å²) in [5.41, 5.74) is 5.81. The Bertz CT molecular complexity index is 451. The molecule has 2 fully saturated rings. The molecule has 2 aliphatic rings. The van der Waals surface area contributed by atoms with Crippen LogP contribution in [0.5, 0.6) is 0 Å². The minimum Gasteiger partial charge on any atom is -0.382 e. The quantitative estimate of drug-likeness (QED) is 0.778. The molecule has 0 saturated heterocycles. The average Bonchev–Trinajstić information content (AvgIpc) is 2.59. The lowest BCUT2D eigenvalue weighted by Crippen LogP contribution is -2.39. The van der Waals surface area contributed by atoms with Gasteiger partial charge in [-0.2, -0.15) is 0 Å². The topological polar surface area (TPSA) is 80.0 Å². The predicted octanol–water partition coefficient (Wildman–Crippen LogP) is 1.97. The maximum absolute atomic E-state index is 12.0. The summed E-state index contributed by atoms with van der Waals surface area (Å²) in [6.07, 6.45) is 7.01. The molecule has 18 heavy (non-hydrogen) atoms. The molecule has 0 atom stereocenters. The van der Waals surface area contributed by atoms with Crippen molar-refractivity contribution < 1.29 is 4.79 Å². The van der Waals surface area contributed by atoms with E-state index in [0.29, 0.717) is 22.8 Å². The van der Waals surface area contributed by atoms with E-state index in [-0.39, 0.29) is 5.91 Å². The summed E-state index contributed by atoms with van der Waals surface area (Å²) < 4.78 is 0. The van der Waals surface area contributed by atoms with E-state index in [0.717, 1.165) is 18.0 Å². The highest BCUT2D eigenvalue weighted by Gasteiger charge is 2.24. The second-order valence-electron chi connectivity index (χ2n) is 5.11. The molecule has 0 unspecified atom stereocenters. The fraction of sp³-hybridized carbons (Fsp3) is 0.667. The van der Waals surface area contributed by atoms with Crippen LogP contribution in [0.15, 0.2) is 0 Å². The van der Waals surface area contributed by atoms with Crippen LogP contribution in [0.3, 0.4) is 0 Å². The molecular formula is C12H18N4OS. The van der Waals surface area contributed by atoms with Crippen molar-refractivity contribution in [3.05, 3.63) is 4.88 Å². The number of nitrogens with one attached hydrogen (secondary N) is 2. The molecule has 1 amide bonds. The molecule has 98 valence electrons. The van der Waals surface area contributed by atoms with Gasteiger partial charge in [0.15, 0.2) is 5.13 Å². The number of hydrogen-bond donors (Lipinski definition) is 3. The van der Waals surface area contributed by atoms with Crippen molar-refractivity contribution >= 4 is 28.2 Å². The molecule has 2 saturated carbocycles. The first kappa shape index (κ1) is 11.8. The fourth-order valence-electron chi connectivity index (χ4n) is 2.09. The van der Waals surface area contributed by atoms with E-state index in [1.165, 1.54) is 37.0 Å². The summed E-state index contributed by atoms with van der Waals surface area (Å²) in [4.78, 5) is 16.8. The van der Waals surface area contributed by atoms with Gasteiger partial charge >= 0.3 is 0 Å². The van der Waals surface area contributed by atoms with Gasteiger partial charge in [0, 0.05) is 12.1 Å². The van der Waals surface area contributed by atoms with Crippen molar-refractivity contribution in [3.63, 3.8) is 0 Å². The third kappa shape index (κ3) is 2.29. The Labute approximate surface area is 110 Å². The van der Waals surface area contributed by atoms with Crippen LogP contribution >= 0.6 is 11.3 Å². The highest BCUT2D eigenvalue weighted by molar-refractivity contribution is 7.18. The van der Waals surface area contributed by atoms with Gasteiger partial charge in [0.05, 0.1) is 0 Å². The van der Waals surface area contributed by atoms with Crippen LogP contribution in [-0.2, 0) is 0 Å². The first-order valence-corrected chi connectivity index (χ1v) is 7.38. The minimum absolute atomic E-state index is 0.0728. The maximum atomic E-state index is 12.0. The van der Waals surface area contributed by atoms with E-state index in [2.05, 4.69) is 15.6 Å². The Morgan fingerprint density at radius 3 is 2.44 bits per heavy atom. The fourth-order valence-corrected chi connectivity index (χ4v) is 2.95. The Morgan fingerprint density at radius 2 is 1.89 bits per heavy atom. The Morgan fingerprint density at radius 1 is 1.22 bits per heavy atom. The molecule has 0 bridgehead atoms. The number of carbonyl (C=O) groups excluding carboxylic acids is 1. The van der Waals surface area contributed by atoms with E-state index in [4.69, 9.17) is 5.73 Å². The number of carbonyl (C=O) groups is 1. The van der Waals surface area contributed by atoms with E-state index in [9.17, 15) is 4.79 Å². The summed E-state index contributed by atoms with van der Waals surface area (Å²) >= 11 is 1.36. The molecule has 1 heterocycles. The van der Waals surface area contributed by atoms with Crippen LogP contribution in [0.4, 0.5) is 10.9 Å². The van der Waals surface area contributed by atoms with E-state index >= 15 is 0 Å². The van der Waals surface area contributed by atoms with E-state index in [1.54, 1.807) is 0 Å². The Hall–Kier alpha value is -1.30. The zero-order chi connectivity index (χ0) is 12.5. The Kier molecular flexibility index (Phi) is 3.11. The number of nitrogens with zero attached hydrogens (tertiary/aromatic N) is 1. The zero-order valence-electron chi connectivity index (χ0n) is 10.2. The largest absolute Gasteiger partial charge is 0.382 e. The van der Waals surface area contributed by atoms with Crippen LogP contribution in [-0.4, -0.2) is 23.0 Å². The van der Waals surface area contributed by atoms with Gasteiger partial charge in [-0.05, 0) is 38.5 Å². The monoisotopic (exact) mass is 266 g/mol. The second kappa shape index (κ2) is 4.76. The summed E-state index contributed by atoms with van der Waals surface area (Å²) in [6.45, 7) is 0. The standard InChI is InChI=1S/C12H18N4OS/c13-10-9(11(17)14-7-3-1-4-7)18-12(16-10)15-8-5-2-6-8/h7-8H,1-6,13H2,(H,14,17)(H,15,16). The number of aromatic nitrogens is 1. The van der Waals surface area contributed by atoms with Crippen LogP contribution in [0.25, 0.3) is 0 Å². The highest BCUT2D eigenvalue weighted by atomic mass is 32.1. The lowest BCUT2D eigenvalue weighted by molar-refractivity contribution is 0.0922. The number of nitrogen functional groups attached to an aromatic ring is 1. The molecule has 1 aromatic heterocycles. The number of hydrogen-bond acceptors (Lipinski definition) is 5. The van der Waals surface area contributed by atoms with Gasteiger partial charge in [0.25, 0.3) is 5.91 Å². The lowest BCUT2D eigenvalue weighted by atomic mass is 9.93. The van der Waals surface area contributed by atoms with E-state index < -0.39 is 0 Å². The van der Waals surface area contributed by atoms with Crippen LogP contribution in [0, 0.1) is 0 Å². The second-order valence-corrected chi connectivity index (χ2v) is 6.11. The van der Waals surface area contributed by atoms with Gasteiger partial charge < -0.3 is 16.4 Å². The van der Waals surface area contributed by atoms with Crippen molar-refractivity contribution in [1.29, 1.82) is 0 Å². The summed E-state index contributed by atoms with van der Waals surface area (Å²) in [6, 6.07) is 0.847. The molecular weight excluding hydrogens is 248 g/mol. The van der Waals surface area contributed by atoms with E-state index in [1.807, 2.05) is 0 Å². The molecule has 0 radical (unpaired) electrons. The van der Waals surface area contributed by atoms with Gasteiger partial charge in [-0.25, -0.2) is 4.98 Å². The average molecular weight is 266 g/mol. The van der Waals surface area contributed by atoms with Crippen molar-refractivity contribution in [2.45, 2.75) is 50.6 Å². The van der Waals surface area contributed by atoms with Crippen LogP contribution < -0.4 is 16.4 Å². The van der Waals surface area contributed by atoms with Gasteiger partial charge in [-0.3, -0.25) is 4.79 Å². The SMILES string of the molecule is Nc1nc(NC2CCC2)sc1C(=O)NC1CCC1. The van der Waals surface area contributed by atoms with Crippen molar-refractivity contribution in [1.82, 2.24) is 10.3 Å². The molecule has 6 heteroatoms. The van der Waals surface area contributed by atoms with Gasteiger partial charge in [-0.15, -0.1) is 0 Å². The minimum atomic E-state index is -0.0728. The van der Waals surface area contributed by atoms with Gasteiger partial charge in [0.1, 0.15) is 10.7 Å². The molecule has 0 spiro atoms. The molecule has 5 nitrogen and oxygen atoms in total. The predicted molar refractivity (Wildman–Crippen MR) is 72.9 cm³/mol. The first-order valence-electron chi connectivity index (χ1n) is 6.56. The van der Waals surface area contributed by atoms with Gasteiger partial charge in [0.2, 0.25) is 0 Å². The molecule has 3 rings (SSSR count). The molecule has 4 N–H and O–H groups in total. The lowest BCUT2D eigenvalue weighted by Gasteiger charge is -2.26. The van der Waals surface area contributed by atoms with Crippen molar-refractivity contribution in [2.24, 2.45) is 0 Å². The van der Waals surface area contributed by atoms with Crippen molar-refractivity contribution in [3.8, 4) is 0 Å². The third-order valence-corrected chi connectivity index (χ3v) is 4.73. The number of amides is 1. The smallest absolute Gasteiger partial charge is 0.265 e. The zero-order valence-corrected chi connectivity index (χ0v) is 11.1. The summed E-state index contributed by atoms with van der Waals surface area (Å²) in [5, 5.41) is 7.09. The van der Waals surface area contributed by atoms with Crippen LogP contribution in [0.2, 0.25) is 0 Å². The van der Waals surface area contributed by atoms with Crippen LogP contribution in [0.1, 0.15) is 48.2 Å². The maximum Gasteiger partial charge on any atom is 0.265 e. The number of anilines is 2. The molecule has 2 aliphatic carbocycles.